The van der Waals surface area contributed by atoms with E-state index in [1.165, 1.54) is 0 Å². The van der Waals surface area contributed by atoms with E-state index in [1.54, 1.807) is 24.3 Å². The fourth-order valence-electron chi connectivity index (χ4n) is 2.21. The minimum Gasteiger partial charge on any atom is -0.369 e. The van der Waals surface area contributed by atoms with Crippen LogP contribution >= 0.6 is 0 Å². The van der Waals surface area contributed by atoms with Gasteiger partial charge in [0.25, 0.3) is 0 Å². The van der Waals surface area contributed by atoms with E-state index in [1.807, 2.05) is 0 Å². The highest BCUT2D eigenvalue weighted by Crippen LogP contribution is 2.13. The standard InChI is InChI=1S/C14H19N3O2/c15-13(18)9-10-4-6-11(7-5-10)17-14(19)12-3-1-2-8-16-12/h4-7,12,16H,1-3,8-9H2,(H2,15,18)(H,17,19). The zero-order valence-electron chi connectivity index (χ0n) is 10.8. The van der Waals surface area contributed by atoms with Crippen molar-refractivity contribution in [1.29, 1.82) is 0 Å². The van der Waals surface area contributed by atoms with Crippen LogP contribution in [0.1, 0.15) is 24.8 Å². The highest BCUT2D eigenvalue weighted by molar-refractivity contribution is 5.94. The van der Waals surface area contributed by atoms with Gasteiger partial charge in [0.2, 0.25) is 11.8 Å². The normalized spacial score (nSPS) is 18.8. The molecule has 19 heavy (non-hydrogen) atoms. The molecule has 0 bridgehead atoms. The van der Waals surface area contributed by atoms with Gasteiger partial charge in [-0.1, -0.05) is 18.6 Å². The van der Waals surface area contributed by atoms with Crippen LogP contribution in [0.25, 0.3) is 0 Å². The first-order valence-corrected chi connectivity index (χ1v) is 6.56. The monoisotopic (exact) mass is 261 g/mol. The quantitative estimate of drug-likeness (QED) is 0.749. The van der Waals surface area contributed by atoms with Gasteiger partial charge in [-0.2, -0.15) is 0 Å². The Morgan fingerprint density at radius 2 is 2.00 bits per heavy atom. The second-order valence-corrected chi connectivity index (χ2v) is 4.83. The molecule has 1 saturated heterocycles. The third-order valence-corrected chi connectivity index (χ3v) is 3.23. The van der Waals surface area contributed by atoms with Crippen LogP contribution in [0.4, 0.5) is 5.69 Å². The molecular formula is C14H19N3O2. The van der Waals surface area contributed by atoms with E-state index in [9.17, 15) is 9.59 Å². The van der Waals surface area contributed by atoms with Crippen LogP contribution in [-0.4, -0.2) is 24.4 Å². The Morgan fingerprint density at radius 1 is 1.26 bits per heavy atom. The number of amides is 2. The number of carbonyl (C=O) groups excluding carboxylic acids is 2. The lowest BCUT2D eigenvalue weighted by Crippen LogP contribution is -2.43. The average molecular weight is 261 g/mol. The Hall–Kier alpha value is -1.88. The molecule has 2 amide bonds. The molecule has 5 heteroatoms. The molecule has 0 aromatic heterocycles. The van der Waals surface area contributed by atoms with Crippen molar-refractivity contribution in [3.63, 3.8) is 0 Å². The molecule has 1 unspecified atom stereocenters. The molecule has 102 valence electrons. The maximum absolute atomic E-state index is 12.0. The van der Waals surface area contributed by atoms with E-state index < -0.39 is 0 Å². The van der Waals surface area contributed by atoms with Crippen LogP contribution in [-0.2, 0) is 16.0 Å². The lowest BCUT2D eigenvalue weighted by molar-refractivity contribution is -0.119. The Bertz CT molecular complexity index is 450. The zero-order chi connectivity index (χ0) is 13.7. The molecule has 0 spiro atoms. The van der Waals surface area contributed by atoms with Crippen LogP contribution < -0.4 is 16.4 Å². The summed E-state index contributed by atoms with van der Waals surface area (Å²) in [5, 5.41) is 6.08. The molecule has 4 N–H and O–H groups in total. The van der Waals surface area contributed by atoms with Crippen molar-refractivity contribution in [3.8, 4) is 0 Å². The molecular weight excluding hydrogens is 242 g/mol. The van der Waals surface area contributed by atoms with Gasteiger partial charge in [0.15, 0.2) is 0 Å². The molecule has 1 fully saturated rings. The van der Waals surface area contributed by atoms with Gasteiger partial charge in [-0.15, -0.1) is 0 Å². The number of carbonyl (C=O) groups is 2. The average Bonchev–Trinajstić information content (AvgIpc) is 2.41. The maximum Gasteiger partial charge on any atom is 0.241 e. The minimum absolute atomic E-state index is 0.00218. The van der Waals surface area contributed by atoms with Gasteiger partial charge in [0.05, 0.1) is 12.5 Å². The molecule has 1 aliphatic rings. The van der Waals surface area contributed by atoms with Crippen LogP contribution in [0.5, 0.6) is 0 Å². The largest absolute Gasteiger partial charge is 0.369 e. The molecule has 1 aromatic rings. The summed E-state index contributed by atoms with van der Waals surface area (Å²) in [6.45, 7) is 0.898. The molecule has 1 aromatic carbocycles. The Morgan fingerprint density at radius 3 is 2.58 bits per heavy atom. The summed E-state index contributed by atoms with van der Waals surface area (Å²) in [6, 6.07) is 7.08. The van der Waals surface area contributed by atoms with E-state index in [2.05, 4.69) is 10.6 Å². The highest BCUT2D eigenvalue weighted by atomic mass is 16.2. The van der Waals surface area contributed by atoms with Crippen molar-refractivity contribution >= 4 is 17.5 Å². The SMILES string of the molecule is NC(=O)Cc1ccc(NC(=O)C2CCCCN2)cc1. The first-order valence-electron chi connectivity index (χ1n) is 6.56. The molecule has 1 heterocycles. The lowest BCUT2D eigenvalue weighted by Gasteiger charge is -2.22. The Kier molecular flexibility index (Phi) is 4.52. The first kappa shape index (κ1) is 13.5. The Balaban J connectivity index is 1.91. The van der Waals surface area contributed by atoms with Gasteiger partial charge in [-0.05, 0) is 37.1 Å². The van der Waals surface area contributed by atoms with E-state index in [0.29, 0.717) is 0 Å². The second kappa shape index (κ2) is 6.33. The number of primary amides is 1. The van der Waals surface area contributed by atoms with E-state index in [0.717, 1.165) is 37.1 Å². The third kappa shape index (κ3) is 4.06. The summed E-state index contributed by atoms with van der Waals surface area (Å²) in [7, 11) is 0. The number of piperidine rings is 1. The maximum atomic E-state index is 12.0. The number of nitrogens with one attached hydrogen (secondary N) is 2. The molecule has 0 aliphatic carbocycles. The van der Waals surface area contributed by atoms with Crippen molar-refractivity contribution in [1.82, 2.24) is 5.32 Å². The highest BCUT2D eigenvalue weighted by Gasteiger charge is 2.20. The first-order chi connectivity index (χ1) is 9.15. The van der Waals surface area contributed by atoms with Crippen molar-refractivity contribution < 1.29 is 9.59 Å². The third-order valence-electron chi connectivity index (χ3n) is 3.23. The van der Waals surface area contributed by atoms with Crippen molar-refractivity contribution in [3.05, 3.63) is 29.8 Å². The van der Waals surface area contributed by atoms with Crippen molar-refractivity contribution in [2.24, 2.45) is 5.73 Å². The van der Waals surface area contributed by atoms with Crippen LogP contribution in [0, 0.1) is 0 Å². The second-order valence-electron chi connectivity index (χ2n) is 4.83. The number of rotatable bonds is 4. The predicted octanol–water partition coefficient (Wildman–Crippen LogP) is 0.795. The van der Waals surface area contributed by atoms with Gasteiger partial charge in [0, 0.05) is 5.69 Å². The van der Waals surface area contributed by atoms with Crippen LogP contribution in [0.2, 0.25) is 0 Å². The molecule has 0 saturated carbocycles. The van der Waals surface area contributed by atoms with E-state index in [-0.39, 0.29) is 24.3 Å². The molecule has 1 aliphatic heterocycles. The fraction of sp³-hybridized carbons (Fsp3) is 0.429. The summed E-state index contributed by atoms with van der Waals surface area (Å²) >= 11 is 0. The molecule has 1 atom stereocenters. The van der Waals surface area contributed by atoms with Gasteiger partial charge < -0.3 is 16.4 Å². The summed E-state index contributed by atoms with van der Waals surface area (Å²) in [5.74, 6) is -0.356. The predicted molar refractivity (Wildman–Crippen MR) is 73.6 cm³/mol. The van der Waals surface area contributed by atoms with Crippen molar-refractivity contribution in [2.75, 3.05) is 11.9 Å². The van der Waals surface area contributed by atoms with Gasteiger partial charge in [-0.3, -0.25) is 9.59 Å². The zero-order valence-corrected chi connectivity index (χ0v) is 10.8. The number of benzene rings is 1. The number of hydrogen-bond acceptors (Lipinski definition) is 3. The summed E-state index contributed by atoms with van der Waals surface area (Å²) < 4.78 is 0. The minimum atomic E-state index is -0.358. The van der Waals surface area contributed by atoms with Gasteiger partial charge in [0.1, 0.15) is 0 Å². The smallest absolute Gasteiger partial charge is 0.241 e. The van der Waals surface area contributed by atoms with E-state index in [4.69, 9.17) is 5.73 Å². The molecule has 0 radical (unpaired) electrons. The van der Waals surface area contributed by atoms with Gasteiger partial charge >= 0.3 is 0 Å². The van der Waals surface area contributed by atoms with Crippen LogP contribution in [0.3, 0.4) is 0 Å². The lowest BCUT2D eigenvalue weighted by atomic mass is 10.0. The van der Waals surface area contributed by atoms with Gasteiger partial charge in [-0.25, -0.2) is 0 Å². The topological polar surface area (TPSA) is 84.2 Å². The summed E-state index contributed by atoms with van der Waals surface area (Å²) in [6.07, 6.45) is 3.32. The van der Waals surface area contributed by atoms with Crippen molar-refractivity contribution in [2.45, 2.75) is 31.7 Å². The fourth-order valence-corrected chi connectivity index (χ4v) is 2.21. The summed E-state index contributed by atoms with van der Waals surface area (Å²) in [5.41, 5.74) is 6.71. The van der Waals surface area contributed by atoms with Crippen LogP contribution in [0.15, 0.2) is 24.3 Å². The Labute approximate surface area is 112 Å². The van der Waals surface area contributed by atoms with E-state index >= 15 is 0 Å². The molecule has 5 nitrogen and oxygen atoms in total. The molecule has 2 rings (SSSR count). The number of anilines is 1. The number of nitrogens with two attached hydrogens (primary N) is 1. The number of hydrogen-bond donors (Lipinski definition) is 3. The summed E-state index contributed by atoms with van der Waals surface area (Å²) in [4.78, 5) is 22.8.